The Morgan fingerprint density at radius 2 is 1.90 bits per heavy atom. The van der Waals surface area contributed by atoms with E-state index in [-0.39, 0.29) is 26.3 Å². The van der Waals surface area contributed by atoms with Crippen molar-refractivity contribution < 1.29 is 36.5 Å². The SMILES string of the molecule is Cc1nn(C)cc1-c1cc(C(F)F)nc2sc(C(N)=O)c(NC(=O)Cn3nc(C(F)(F)F)c([N+](=O)[O-])c3C)c12. The summed E-state index contributed by atoms with van der Waals surface area (Å²) in [5.41, 5.74) is 1.95. The van der Waals surface area contributed by atoms with E-state index in [1.165, 1.54) is 10.9 Å². The summed E-state index contributed by atoms with van der Waals surface area (Å²) < 4.78 is 69.1. The monoisotopic (exact) mass is 572 g/mol. The van der Waals surface area contributed by atoms with E-state index in [1.807, 2.05) is 0 Å². The zero-order valence-corrected chi connectivity index (χ0v) is 20.9. The standard InChI is InChI=1S/C21H17F5N8O4S/c1-7-10(5-32(3)30-7)9-4-11(18(22)23)28-20-13(9)14(16(39-20)19(27)36)29-12(35)6-33-8(2)15(34(37)38)17(31-33)21(24,25)26/h4-5,18H,6H2,1-3H3,(H2,27,36)(H,29,35). The number of alkyl halides is 5. The molecular weight excluding hydrogens is 555 g/mol. The normalized spacial score (nSPS) is 11.9. The number of nitrogens with one attached hydrogen (secondary N) is 1. The van der Waals surface area contributed by atoms with Gasteiger partial charge < -0.3 is 11.1 Å². The molecule has 4 aromatic rings. The molecule has 0 unspecified atom stereocenters. The molecule has 0 aromatic carbocycles. The van der Waals surface area contributed by atoms with Crippen LogP contribution in [-0.4, -0.2) is 41.3 Å². The Morgan fingerprint density at radius 3 is 2.38 bits per heavy atom. The zero-order valence-electron chi connectivity index (χ0n) is 20.1. The molecule has 18 heteroatoms. The highest BCUT2D eigenvalue weighted by Crippen LogP contribution is 2.43. The van der Waals surface area contributed by atoms with Crippen LogP contribution in [0.3, 0.4) is 0 Å². The Balaban J connectivity index is 1.85. The average molecular weight is 572 g/mol. The van der Waals surface area contributed by atoms with Crippen LogP contribution in [0.1, 0.15) is 38.9 Å². The number of carbonyl (C=O) groups is 2. The van der Waals surface area contributed by atoms with Crippen LogP contribution in [0, 0.1) is 24.0 Å². The molecule has 4 aromatic heterocycles. The molecule has 4 rings (SSSR count). The molecule has 0 saturated carbocycles. The van der Waals surface area contributed by atoms with Gasteiger partial charge in [-0.2, -0.15) is 23.4 Å². The Bertz CT molecular complexity index is 1660. The third-order valence-corrected chi connectivity index (χ3v) is 6.71. The maximum atomic E-state index is 13.7. The molecule has 0 aliphatic heterocycles. The van der Waals surface area contributed by atoms with Crippen LogP contribution in [-0.2, 0) is 24.6 Å². The fourth-order valence-corrected chi connectivity index (χ4v) is 5.03. The smallest absolute Gasteiger partial charge is 0.365 e. The highest BCUT2D eigenvalue weighted by Gasteiger charge is 2.44. The number of carbonyl (C=O) groups excluding carboxylic acids is 2. The van der Waals surface area contributed by atoms with Gasteiger partial charge in [0, 0.05) is 24.2 Å². The summed E-state index contributed by atoms with van der Waals surface area (Å²) in [7, 11) is 1.59. The number of pyridine rings is 1. The van der Waals surface area contributed by atoms with Gasteiger partial charge in [-0.1, -0.05) is 0 Å². The highest BCUT2D eigenvalue weighted by atomic mass is 32.1. The number of rotatable bonds is 7. The Morgan fingerprint density at radius 1 is 1.23 bits per heavy atom. The predicted octanol–water partition coefficient (Wildman–Crippen LogP) is 4.11. The molecule has 0 radical (unpaired) electrons. The maximum absolute atomic E-state index is 13.7. The van der Waals surface area contributed by atoms with Crippen molar-refractivity contribution in [3.8, 4) is 11.1 Å². The van der Waals surface area contributed by atoms with Gasteiger partial charge in [0.15, 0.2) is 0 Å². The summed E-state index contributed by atoms with van der Waals surface area (Å²) in [6.07, 6.45) is -6.62. The quantitative estimate of drug-likeness (QED) is 0.191. The summed E-state index contributed by atoms with van der Waals surface area (Å²) >= 11 is 0.629. The molecule has 0 saturated heterocycles. The average Bonchev–Trinajstić information content (AvgIpc) is 3.46. The molecule has 12 nitrogen and oxygen atoms in total. The molecule has 39 heavy (non-hydrogen) atoms. The maximum Gasteiger partial charge on any atom is 0.442 e. The number of hydrogen-bond acceptors (Lipinski definition) is 8. The number of fused-ring (bicyclic) bond motifs is 1. The largest absolute Gasteiger partial charge is 0.442 e. The van der Waals surface area contributed by atoms with Crippen molar-refractivity contribution >= 4 is 44.7 Å². The van der Waals surface area contributed by atoms with Gasteiger partial charge in [-0.3, -0.25) is 29.1 Å². The van der Waals surface area contributed by atoms with E-state index in [0.29, 0.717) is 27.3 Å². The van der Waals surface area contributed by atoms with Crippen LogP contribution in [0.25, 0.3) is 21.3 Å². The van der Waals surface area contributed by atoms with E-state index >= 15 is 0 Å². The zero-order chi connectivity index (χ0) is 29.0. The van der Waals surface area contributed by atoms with E-state index in [9.17, 15) is 41.7 Å². The second-order valence-electron chi connectivity index (χ2n) is 8.29. The lowest BCUT2D eigenvalue weighted by molar-refractivity contribution is -0.388. The first kappa shape index (κ1) is 27.6. The van der Waals surface area contributed by atoms with Gasteiger partial charge in [-0.05, 0) is 25.5 Å². The number of nitrogens with zero attached hydrogens (tertiary/aromatic N) is 6. The predicted molar refractivity (Wildman–Crippen MR) is 127 cm³/mol. The van der Waals surface area contributed by atoms with Crippen molar-refractivity contribution in [2.24, 2.45) is 12.8 Å². The summed E-state index contributed by atoms with van der Waals surface area (Å²) in [6, 6.07) is 1.07. The summed E-state index contributed by atoms with van der Waals surface area (Å²) in [5, 5.41) is 21.1. The summed E-state index contributed by atoms with van der Waals surface area (Å²) in [6.45, 7) is 1.68. The molecule has 2 amide bonds. The molecule has 0 aliphatic carbocycles. The summed E-state index contributed by atoms with van der Waals surface area (Å²) in [4.78, 5) is 38.7. The van der Waals surface area contributed by atoms with Crippen LogP contribution in [0.5, 0.6) is 0 Å². The van der Waals surface area contributed by atoms with Crippen molar-refractivity contribution in [3.05, 3.63) is 50.0 Å². The second-order valence-corrected chi connectivity index (χ2v) is 9.29. The van der Waals surface area contributed by atoms with E-state index in [4.69, 9.17) is 5.73 Å². The lowest BCUT2D eigenvalue weighted by Gasteiger charge is -2.11. The van der Waals surface area contributed by atoms with Crippen LogP contribution in [0.15, 0.2) is 12.3 Å². The van der Waals surface area contributed by atoms with Crippen molar-refractivity contribution in [2.45, 2.75) is 33.0 Å². The van der Waals surface area contributed by atoms with Crippen LogP contribution in [0.2, 0.25) is 0 Å². The molecule has 0 atom stereocenters. The molecule has 4 heterocycles. The first-order chi connectivity index (χ1) is 18.1. The summed E-state index contributed by atoms with van der Waals surface area (Å²) in [5.74, 6) is -2.07. The highest BCUT2D eigenvalue weighted by molar-refractivity contribution is 7.21. The van der Waals surface area contributed by atoms with Gasteiger partial charge in [-0.25, -0.2) is 13.8 Å². The minimum absolute atomic E-state index is 0.0691. The van der Waals surface area contributed by atoms with Gasteiger partial charge in [0.25, 0.3) is 12.3 Å². The number of thiophene rings is 1. The number of primary amides is 1. The minimum atomic E-state index is -5.16. The van der Waals surface area contributed by atoms with E-state index in [0.717, 1.165) is 13.0 Å². The number of nitrogens with two attached hydrogens (primary N) is 1. The molecule has 206 valence electrons. The van der Waals surface area contributed by atoms with Crippen molar-refractivity contribution in [3.63, 3.8) is 0 Å². The first-order valence-electron chi connectivity index (χ1n) is 10.7. The lowest BCUT2D eigenvalue weighted by Crippen LogP contribution is -2.22. The van der Waals surface area contributed by atoms with E-state index in [2.05, 4.69) is 20.5 Å². The fraction of sp³-hybridized carbons (Fsp3) is 0.286. The number of anilines is 1. The van der Waals surface area contributed by atoms with E-state index in [1.54, 1.807) is 14.0 Å². The van der Waals surface area contributed by atoms with Crippen molar-refractivity contribution in [1.82, 2.24) is 24.5 Å². The molecular formula is C21H17F5N8O4S. The van der Waals surface area contributed by atoms with Gasteiger partial charge in [0.1, 0.15) is 27.6 Å². The third kappa shape index (κ3) is 5.01. The number of aromatic nitrogens is 5. The lowest BCUT2D eigenvalue weighted by atomic mass is 10.0. The Labute approximate surface area is 218 Å². The second kappa shape index (κ2) is 9.68. The topological polar surface area (TPSA) is 164 Å². The van der Waals surface area contributed by atoms with Gasteiger partial charge in [0.05, 0.1) is 16.3 Å². The number of hydrogen-bond donors (Lipinski definition) is 2. The molecule has 0 bridgehead atoms. The molecule has 0 spiro atoms. The van der Waals surface area contributed by atoms with E-state index < -0.39 is 58.7 Å². The van der Waals surface area contributed by atoms with Gasteiger partial charge >= 0.3 is 11.9 Å². The third-order valence-electron chi connectivity index (χ3n) is 5.62. The Hall–Kier alpha value is -4.48. The minimum Gasteiger partial charge on any atom is -0.365 e. The van der Waals surface area contributed by atoms with Crippen LogP contribution >= 0.6 is 11.3 Å². The molecule has 0 fully saturated rings. The fourth-order valence-electron chi connectivity index (χ4n) is 4.01. The van der Waals surface area contributed by atoms with Crippen molar-refractivity contribution in [2.75, 3.05) is 5.32 Å². The van der Waals surface area contributed by atoms with Gasteiger partial charge in [0.2, 0.25) is 11.6 Å². The molecule has 3 N–H and O–H groups in total. The van der Waals surface area contributed by atoms with Gasteiger partial charge in [-0.15, -0.1) is 11.3 Å². The first-order valence-corrected chi connectivity index (χ1v) is 11.6. The number of aryl methyl sites for hydroxylation is 2. The number of halogens is 5. The molecule has 0 aliphatic rings. The van der Waals surface area contributed by atoms with Crippen molar-refractivity contribution in [1.29, 1.82) is 0 Å². The van der Waals surface area contributed by atoms with Crippen LogP contribution < -0.4 is 11.1 Å². The van der Waals surface area contributed by atoms with Crippen LogP contribution in [0.4, 0.5) is 33.3 Å². The number of nitro groups is 1. The number of amides is 2. The Kier molecular flexibility index (Phi) is 6.84.